The van der Waals surface area contributed by atoms with Crippen LogP contribution in [0.4, 0.5) is 4.39 Å². The summed E-state index contributed by atoms with van der Waals surface area (Å²) in [5.74, 6) is 0.522. The van der Waals surface area contributed by atoms with Crippen LogP contribution in [0.1, 0.15) is 49.2 Å². The highest BCUT2D eigenvalue weighted by molar-refractivity contribution is 7.99. The average Bonchev–Trinajstić information content (AvgIpc) is 3.14. The van der Waals surface area contributed by atoms with E-state index in [0.717, 1.165) is 41.9 Å². The van der Waals surface area contributed by atoms with Gasteiger partial charge in [-0.15, -0.1) is 5.10 Å². The monoisotopic (exact) mass is 463 g/mol. The Balaban J connectivity index is 1.79. The van der Waals surface area contributed by atoms with Crippen LogP contribution in [0.25, 0.3) is 5.78 Å². The third kappa shape index (κ3) is 5.54. The number of hydrogen-bond acceptors (Lipinski definition) is 5. The minimum atomic E-state index is -0.361. The van der Waals surface area contributed by atoms with Crippen molar-refractivity contribution in [3.63, 3.8) is 0 Å². The average molecular weight is 464 g/mol. The molecule has 1 amide bonds. The predicted molar refractivity (Wildman–Crippen MR) is 122 cm³/mol. The van der Waals surface area contributed by atoms with Crippen LogP contribution in [0, 0.1) is 19.7 Å². The Hall–Kier alpha value is -2.19. The fraction of sp³-hybridized carbons (Fsp3) is 0.455. The highest BCUT2D eigenvalue weighted by atomic mass is 35.5. The van der Waals surface area contributed by atoms with Gasteiger partial charge in [0.15, 0.2) is 0 Å². The molecule has 0 fully saturated rings. The van der Waals surface area contributed by atoms with Crippen molar-refractivity contribution in [2.45, 2.75) is 52.1 Å². The summed E-state index contributed by atoms with van der Waals surface area (Å²) in [6.07, 6.45) is 2.57. The van der Waals surface area contributed by atoms with Gasteiger partial charge in [-0.3, -0.25) is 4.79 Å². The first-order chi connectivity index (χ1) is 14.8. The van der Waals surface area contributed by atoms with Crippen molar-refractivity contribution < 1.29 is 9.18 Å². The summed E-state index contributed by atoms with van der Waals surface area (Å²) in [5.41, 5.74) is 3.51. The van der Waals surface area contributed by atoms with E-state index in [9.17, 15) is 9.18 Å². The lowest BCUT2D eigenvalue weighted by atomic mass is 10.0. The minimum Gasteiger partial charge on any atom is -0.342 e. The van der Waals surface area contributed by atoms with E-state index in [0.29, 0.717) is 34.7 Å². The normalized spacial score (nSPS) is 11.3. The Labute approximate surface area is 191 Å². The van der Waals surface area contributed by atoms with E-state index in [2.05, 4.69) is 22.0 Å². The predicted octanol–water partition coefficient (Wildman–Crippen LogP) is 4.87. The molecule has 0 aliphatic rings. The van der Waals surface area contributed by atoms with Gasteiger partial charge >= 0.3 is 0 Å². The molecule has 0 saturated heterocycles. The van der Waals surface area contributed by atoms with Crippen LogP contribution in [0.3, 0.4) is 0 Å². The molecular weight excluding hydrogens is 437 g/mol. The first kappa shape index (κ1) is 23.5. The van der Waals surface area contributed by atoms with Crippen LogP contribution in [0.2, 0.25) is 5.02 Å². The molecule has 3 aromatic rings. The summed E-state index contributed by atoms with van der Waals surface area (Å²) in [6, 6.07) is 4.40. The van der Waals surface area contributed by atoms with E-state index in [1.807, 2.05) is 25.7 Å². The van der Waals surface area contributed by atoms with Crippen molar-refractivity contribution in [1.29, 1.82) is 0 Å². The lowest BCUT2D eigenvalue weighted by Gasteiger charge is -2.19. The maximum absolute atomic E-state index is 13.4. The van der Waals surface area contributed by atoms with E-state index in [1.54, 1.807) is 10.6 Å². The summed E-state index contributed by atoms with van der Waals surface area (Å²) in [5, 5.41) is 5.46. The van der Waals surface area contributed by atoms with Gasteiger partial charge in [-0.05, 0) is 50.5 Å². The minimum absolute atomic E-state index is 0.0901. The van der Waals surface area contributed by atoms with Gasteiger partial charge in [-0.1, -0.05) is 42.8 Å². The maximum Gasteiger partial charge on any atom is 0.253 e. The summed E-state index contributed by atoms with van der Waals surface area (Å²) >= 11 is 7.53. The number of benzene rings is 1. The number of nitrogens with zero attached hydrogens (tertiary/aromatic N) is 5. The van der Waals surface area contributed by atoms with Crippen LogP contribution >= 0.6 is 23.4 Å². The topological polar surface area (TPSA) is 63.4 Å². The first-order valence-electron chi connectivity index (χ1n) is 10.4. The van der Waals surface area contributed by atoms with E-state index in [1.165, 1.54) is 23.9 Å². The molecule has 0 N–H and O–H groups in total. The SMILES string of the molecule is CCCCN(CC)C(=O)CSc1nc2nc(C)c(Cc3ccc(F)cc3Cl)c(C)n2n1. The molecule has 31 heavy (non-hydrogen) atoms. The van der Waals surface area contributed by atoms with Gasteiger partial charge in [0.05, 0.1) is 5.75 Å². The van der Waals surface area contributed by atoms with Crippen molar-refractivity contribution in [1.82, 2.24) is 24.5 Å². The van der Waals surface area contributed by atoms with E-state index in [4.69, 9.17) is 11.6 Å². The standard InChI is InChI=1S/C22H27ClFN5OS/c1-5-7-10-28(6-2)20(30)13-31-22-26-21-25-14(3)18(15(4)29(21)27-22)11-16-8-9-17(24)12-19(16)23/h8-9,12H,5-7,10-11,13H2,1-4H3. The number of unbranched alkanes of at least 4 members (excludes halogenated alkanes) is 1. The fourth-order valence-electron chi connectivity index (χ4n) is 3.39. The number of carbonyl (C=O) groups is 1. The van der Waals surface area contributed by atoms with Gasteiger partial charge in [-0.2, -0.15) is 4.98 Å². The number of carbonyl (C=O) groups excluding carboxylic acids is 1. The van der Waals surface area contributed by atoms with Gasteiger partial charge in [0.25, 0.3) is 5.78 Å². The molecule has 0 spiro atoms. The van der Waals surface area contributed by atoms with Crippen molar-refractivity contribution in [3.05, 3.63) is 51.6 Å². The molecule has 0 saturated carbocycles. The number of aryl methyl sites for hydroxylation is 2. The summed E-state index contributed by atoms with van der Waals surface area (Å²) in [6.45, 7) is 9.45. The van der Waals surface area contributed by atoms with Gasteiger partial charge in [0.1, 0.15) is 5.82 Å². The zero-order valence-electron chi connectivity index (χ0n) is 18.3. The van der Waals surface area contributed by atoms with Crippen LogP contribution in [0.15, 0.2) is 23.4 Å². The van der Waals surface area contributed by atoms with E-state index >= 15 is 0 Å². The second-order valence-corrected chi connectivity index (χ2v) is 8.75. The zero-order valence-corrected chi connectivity index (χ0v) is 19.9. The Morgan fingerprint density at radius 2 is 2.03 bits per heavy atom. The molecule has 2 aromatic heterocycles. The van der Waals surface area contributed by atoms with Crippen molar-refractivity contribution in [3.8, 4) is 0 Å². The van der Waals surface area contributed by atoms with E-state index < -0.39 is 0 Å². The maximum atomic E-state index is 13.4. The summed E-state index contributed by atoms with van der Waals surface area (Å²) < 4.78 is 15.1. The Bertz CT molecular complexity index is 1090. The third-order valence-electron chi connectivity index (χ3n) is 5.25. The van der Waals surface area contributed by atoms with Gasteiger partial charge in [0.2, 0.25) is 11.1 Å². The number of thioether (sulfide) groups is 1. The highest BCUT2D eigenvalue weighted by Gasteiger charge is 2.17. The number of aromatic nitrogens is 4. The number of amides is 1. The van der Waals surface area contributed by atoms with Crippen LogP contribution in [-0.2, 0) is 11.2 Å². The molecular formula is C22H27ClFN5OS. The van der Waals surface area contributed by atoms with Gasteiger partial charge in [-0.25, -0.2) is 13.9 Å². The molecule has 3 rings (SSSR count). The van der Waals surface area contributed by atoms with Crippen molar-refractivity contribution >= 4 is 35.0 Å². The molecule has 2 heterocycles. The summed E-state index contributed by atoms with van der Waals surface area (Å²) in [4.78, 5) is 23.4. The van der Waals surface area contributed by atoms with Crippen LogP contribution in [0.5, 0.6) is 0 Å². The molecule has 9 heteroatoms. The van der Waals surface area contributed by atoms with Crippen molar-refractivity contribution in [2.24, 2.45) is 0 Å². The van der Waals surface area contributed by atoms with E-state index in [-0.39, 0.29) is 11.7 Å². The van der Waals surface area contributed by atoms with Crippen LogP contribution in [-0.4, -0.2) is 49.2 Å². The largest absolute Gasteiger partial charge is 0.342 e. The molecule has 0 aliphatic heterocycles. The summed E-state index contributed by atoms with van der Waals surface area (Å²) in [7, 11) is 0. The molecule has 166 valence electrons. The van der Waals surface area contributed by atoms with Crippen LogP contribution < -0.4 is 0 Å². The Morgan fingerprint density at radius 1 is 1.26 bits per heavy atom. The molecule has 0 atom stereocenters. The lowest BCUT2D eigenvalue weighted by Crippen LogP contribution is -2.33. The number of hydrogen-bond donors (Lipinski definition) is 0. The molecule has 0 unspecified atom stereocenters. The molecule has 1 aromatic carbocycles. The lowest BCUT2D eigenvalue weighted by molar-refractivity contribution is -0.128. The second-order valence-electron chi connectivity index (χ2n) is 7.40. The molecule has 0 bridgehead atoms. The molecule has 0 radical (unpaired) electrons. The quantitative estimate of drug-likeness (QED) is 0.424. The van der Waals surface area contributed by atoms with Gasteiger partial charge < -0.3 is 4.90 Å². The first-order valence-corrected chi connectivity index (χ1v) is 11.8. The third-order valence-corrected chi connectivity index (χ3v) is 6.43. The zero-order chi connectivity index (χ0) is 22.5. The highest BCUT2D eigenvalue weighted by Crippen LogP contribution is 2.25. The molecule has 0 aliphatic carbocycles. The Morgan fingerprint density at radius 3 is 2.71 bits per heavy atom. The Kier molecular flexibility index (Phi) is 7.89. The molecule has 6 nitrogen and oxygen atoms in total. The van der Waals surface area contributed by atoms with Crippen molar-refractivity contribution in [2.75, 3.05) is 18.8 Å². The number of rotatable bonds is 9. The van der Waals surface area contributed by atoms with Gasteiger partial charge in [0, 0.05) is 35.9 Å². The number of fused-ring (bicyclic) bond motifs is 1. The number of halogens is 2. The smallest absolute Gasteiger partial charge is 0.253 e. The second kappa shape index (κ2) is 10.4. The fourth-order valence-corrected chi connectivity index (χ4v) is 4.34.